The summed E-state index contributed by atoms with van der Waals surface area (Å²) in [6.07, 6.45) is 0.0873. The summed E-state index contributed by atoms with van der Waals surface area (Å²) in [7, 11) is -1.50. The highest BCUT2D eigenvalue weighted by atomic mass is 35.5. The maximum atomic E-state index is 13.9. The first kappa shape index (κ1) is 26.8. The first-order valence-electron chi connectivity index (χ1n) is 10.6. The average Bonchev–Trinajstić information content (AvgIpc) is 2.85. The van der Waals surface area contributed by atoms with Crippen molar-refractivity contribution in [2.24, 2.45) is 0 Å². The molecule has 0 unspecified atom stereocenters. The third-order valence-corrected chi connectivity index (χ3v) is 6.25. The Hall–Kier alpha value is -3.83. The molecule has 0 saturated heterocycles. The number of benzene rings is 3. The molecule has 0 saturated carbocycles. The van der Waals surface area contributed by atoms with Gasteiger partial charge in [-0.05, 0) is 48.0 Å². The minimum absolute atomic E-state index is 0.0873. The second-order valence-corrected chi connectivity index (χ2v) is 9.49. The molecule has 3 rings (SSSR count). The minimum Gasteiger partial charge on any atom is -0.497 e. The van der Waals surface area contributed by atoms with E-state index in [9.17, 15) is 22.4 Å². The van der Waals surface area contributed by atoms with Gasteiger partial charge in [-0.25, -0.2) is 13.9 Å². The van der Waals surface area contributed by atoms with Crippen LogP contribution in [0, 0.1) is 5.82 Å². The second kappa shape index (κ2) is 11.7. The number of ether oxygens (including phenoxy) is 1. The number of likely N-dealkylation sites (N-methyl/N-ethyl adjacent to an activating group) is 1. The Bertz CT molecular complexity index is 1320. The predicted molar refractivity (Wildman–Crippen MR) is 136 cm³/mol. The molecular formula is C24H24ClFN4O5S. The van der Waals surface area contributed by atoms with Crippen LogP contribution >= 0.6 is 11.6 Å². The number of rotatable bonds is 9. The molecule has 3 aromatic rings. The number of nitrogens with one attached hydrogen (secondary N) is 3. The number of nitrogens with zero attached hydrogens (tertiary/aromatic N) is 1. The van der Waals surface area contributed by atoms with Gasteiger partial charge in [0.05, 0.1) is 12.8 Å². The fraction of sp³-hybridized carbons (Fsp3) is 0.167. The van der Waals surface area contributed by atoms with Crippen LogP contribution in [0.4, 0.5) is 20.6 Å². The topological polar surface area (TPSA) is 117 Å². The highest BCUT2D eigenvalue weighted by molar-refractivity contribution is 7.91. The maximum Gasteiger partial charge on any atom is 0.330 e. The number of hydrogen-bond acceptors (Lipinski definition) is 5. The number of carbonyl (C=O) groups excluding carboxylic acids is 2. The summed E-state index contributed by atoms with van der Waals surface area (Å²) in [4.78, 5) is 27.2. The Kier molecular flexibility index (Phi) is 8.73. The summed E-state index contributed by atoms with van der Waals surface area (Å²) < 4.78 is 47.5. The van der Waals surface area contributed by atoms with E-state index in [1.165, 1.54) is 25.1 Å². The summed E-state index contributed by atoms with van der Waals surface area (Å²) in [5.41, 5.74) is 0.826. The Labute approximate surface area is 213 Å². The molecule has 9 nitrogen and oxygen atoms in total. The van der Waals surface area contributed by atoms with E-state index in [0.717, 1.165) is 17.7 Å². The molecule has 190 valence electrons. The largest absolute Gasteiger partial charge is 0.497 e. The van der Waals surface area contributed by atoms with Gasteiger partial charge in [0.15, 0.2) is 0 Å². The molecule has 0 heterocycles. The van der Waals surface area contributed by atoms with E-state index >= 15 is 0 Å². The van der Waals surface area contributed by atoms with E-state index in [4.69, 9.17) is 16.3 Å². The summed E-state index contributed by atoms with van der Waals surface area (Å²) in [6, 6.07) is 16.6. The Morgan fingerprint density at radius 2 is 1.72 bits per heavy atom. The number of methoxy groups -OCH3 is 1. The minimum atomic E-state index is -4.55. The van der Waals surface area contributed by atoms with Crippen LogP contribution < -0.4 is 24.4 Å². The number of urea groups is 1. The van der Waals surface area contributed by atoms with Crippen molar-refractivity contribution in [3.8, 4) is 5.75 Å². The highest BCUT2D eigenvalue weighted by Gasteiger charge is 2.27. The molecule has 12 heteroatoms. The monoisotopic (exact) mass is 534 g/mol. The van der Waals surface area contributed by atoms with Crippen molar-refractivity contribution >= 4 is 45.1 Å². The lowest BCUT2D eigenvalue weighted by Gasteiger charge is -2.25. The van der Waals surface area contributed by atoms with E-state index < -0.39 is 39.7 Å². The Balaban J connectivity index is 1.77. The van der Waals surface area contributed by atoms with Crippen molar-refractivity contribution in [1.82, 2.24) is 10.0 Å². The van der Waals surface area contributed by atoms with Gasteiger partial charge in [-0.3, -0.25) is 9.52 Å². The fourth-order valence-electron chi connectivity index (χ4n) is 3.27. The normalized spacial score (nSPS) is 11.8. The summed E-state index contributed by atoms with van der Waals surface area (Å²) >= 11 is 5.78. The molecule has 0 aliphatic carbocycles. The van der Waals surface area contributed by atoms with Gasteiger partial charge in [-0.15, -0.1) is 0 Å². The Morgan fingerprint density at radius 1 is 1.06 bits per heavy atom. The average molecular weight is 535 g/mol. The Morgan fingerprint density at radius 3 is 2.36 bits per heavy atom. The lowest BCUT2D eigenvalue weighted by molar-refractivity contribution is -0.120. The molecule has 0 aromatic heterocycles. The first-order valence-corrected chi connectivity index (χ1v) is 12.5. The molecule has 3 aromatic carbocycles. The van der Waals surface area contributed by atoms with E-state index in [-0.39, 0.29) is 11.4 Å². The summed E-state index contributed by atoms with van der Waals surface area (Å²) in [5, 5.41) is 2.49. The van der Waals surface area contributed by atoms with Crippen molar-refractivity contribution in [1.29, 1.82) is 0 Å². The van der Waals surface area contributed by atoms with Gasteiger partial charge in [0, 0.05) is 24.2 Å². The van der Waals surface area contributed by atoms with Crippen molar-refractivity contribution < 1.29 is 27.1 Å². The third-order valence-electron chi connectivity index (χ3n) is 5.08. The first-order chi connectivity index (χ1) is 17.1. The van der Waals surface area contributed by atoms with Gasteiger partial charge in [0.2, 0.25) is 5.91 Å². The van der Waals surface area contributed by atoms with Crippen LogP contribution in [0.3, 0.4) is 0 Å². The molecule has 3 amide bonds. The van der Waals surface area contributed by atoms with Crippen LogP contribution in [0.2, 0.25) is 5.02 Å². The van der Waals surface area contributed by atoms with Gasteiger partial charge in [0.1, 0.15) is 17.6 Å². The quantitative estimate of drug-likeness (QED) is 0.387. The summed E-state index contributed by atoms with van der Waals surface area (Å²) in [5.74, 6) is -0.777. The number of hydrogen-bond donors (Lipinski definition) is 3. The molecule has 0 aliphatic heterocycles. The van der Waals surface area contributed by atoms with Crippen LogP contribution in [0.5, 0.6) is 5.75 Å². The lowest BCUT2D eigenvalue weighted by Crippen LogP contribution is -2.53. The van der Waals surface area contributed by atoms with E-state index in [2.05, 4.69) is 5.32 Å². The zero-order valence-corrected chi connectivity index (χ0v) is 20.9. The van der Waals surface area contributed by atoms with Crippen molar-refractivity contribution in [2.75, 3.05) is 23.8 Å². The van der Waals surface area contributed by atoms with Gasteiger partial charge in [-0.2, -0.15) is 8.42 Å². The van der Waals surface area contributed by atoms with Crippen LogP contribution in [0.15, 0.2) is 72.8 Å². The van der Waals surface area contributed by atoms with Gasteiger partial charge < -0.3 is 15.0 Å². The molecular weight excluding hydrogens is 511 g/mol. The fourth-order valence-corrected chi connectivity index (χ4v) is 4.24. The molecule has 0 bridgehead atoms. The zero-order valence-electron chi connectivity index (χ0n) is 19.4. The molecule has 1 atom stereocenters. The predicted octanol–water partition coefficient (Wildman–Crippen LogP) is 3.72. The smallest absolute Gasteiger partial charge is 0.330 e. The zero-order chi connectivity index (χ0) is 26.3. The highest BCUT2D eigenvalue weighted by Crippen LogP contribution is 2.21. The molecule has 0 spiro atoms. The molecule has 0 fully saturated rings. The van der Waals surface area contributed by atoms with Crippen LogP contribution in [0.25, 0.3) is 0 Å². The standard InChI is InChI=1S/C24H24ClFN4O5S/c1-30(18-9-11-19(35-2)12-10-18)23(31)22(14-16-6-4-3-5-7-16)27-24(32)29-36(33,34)28-21-15-17(25)8-13-20(21)26/h3-13,15,22,28H,14H2,1-2H3,(H2,27,29,32)/t22-/m0/s1. The van der Waals surface area contributed by atoms with Crippen molar-refractivity contribution in [3.63, 3.8) is 0 Å². The summed E-state index contributed by atoms with van der Waals surface area (Å²) in [6.45, 7) is 0. The molecule has 36 heavy (non-hydrogen) atoms. The van der Waals surface area contributed by atoms with Gasteiger partial charge in [0.25, 0.3) is 0 Å². The van der Waals surface area contributed by atoms with E-state index in [1.54, 1.807) is 59.3 Å². The molecule has 3 N–H and O–H groups in total. The van der Waals surface area contributed by atoms with Crippen molar-refractivity contribution in [2.45, 2.75) is 12.5 Å². The number of carbonyl (C=O) groups is 2. The van der Waals surface area contributed by atoms with Crippen LogP contribution in [0.1, 0.15) is 5.56 Å². The van der Waals surface area contributed by atoms with Gasteiger partial charge >= 0.3 is 16.2 Å². The SMILES string of the molecule is COc1ccc(N(C)C(=O)[C@H](Cc2ccccc2)NC(=O)NS(=O)(=O)Nc2cc(Cl)ccc2F)cc1. The second-order valence-electron chi connectivity index (χ2n) is 7.64. The van der Waals surface area contributed by atoms with Crippen LogP contribution in [-0.4, -0.2) is 40.6 Å². The third kappa shape index (κ3) is 7.33. The van der Waals surface area contributed by atoms with Crippen LogP contribution in [-0.2, 0) is 21.4 Å². The number of anilines is 2. The number of halogens is 2. The van der Waals surface area contributed by atoms with Crippen molar-refractivity contribution in [3.05, 3.63) is 89.2 Å². The maximum absolute atomic E-state index is 13.9. The molecule has 0 radical (unpaired) electrons. The lowest BCUT2D eigenvalue weighted by atomic mass is 10.0. The van der Waals surface area contributed by atoms with E-state index in [0.29, 0.717) is 11.4 Å². The molecule has 0 aliphatic rings. The number of amides is 3. The van der Waals surface area contributed by atoms with Gasteiger partial charge in [-0.1, -0.05) is 41.9 Å². The van der Waals surface area contributed by atoms with E-state index in [1.807, 2.05) is 4.72 Å².